The number of benzene rings is 1. The highest BCUT2D eigenvalue weighted by atomic mass is 16.5. The van der Waals surface area contributed by atoms with E-state index in [-0.39, 0.29) is 6.42 Å². The van der Waals surface area contributed by atoms with Gasteiger partial charge in [-0.1, -0.05) is 19.1 Å². The van der Waals surface area contributed by atoms with Crippen molar-refractivity contribution in [3.8, 4) is 5.75 Å². The van der Waals surface area contributed by atoms with Crippen molar-refractivity contribution in [1.29, 1.82) is 0 Å². The fraction of sp³-hybridized carbons (Fsp3) is 0.429. The molecule has 1 unspecified atom stereocenters. The first kappa shape index (κ1) is 15.8. The van der Waals surface area contributed by atoms with E-state index in [1.165, 1.54) is 6.92 Å². The molecule has 0 heterocycles. The van der Waals surface area contributed by atoms with E-state index in [4.69, 9.17) is 9.84 Å². The molecule has 6 nitrogen and oxygen atoms in total. The van der Waals surface area contributed by atoms with Crippen LogP contribution in [0.15, 0.2) is 24.3 Å². The van der Waals surface area contributed by atoms with E-state index in [2.05, 4.69) is 10.6 Å². The SMILES string of the molecule is CCOc1ccccc1NC(=O)NC(C)(CC)C(=O)O. The fourth-order valence-electron chi connectivity index (χ4n) is 1.55. The predicted octanol–water partition coefficient (Wildman–Crippen LogP) is 2.46. The molecular weight excluding hydrogens is 260 g/mol. The van der Waals surface area contributed by atoms with Gasteiger partial charge >= 0.3 is 12.0 Å². The van der Waals surface area contributed by atoms with Crippen molar-refractivity contribution in [2.24, 2.45) is 0 Å². The van der Waals surface area contributed by atoms with Crippen LogP contribution >= 0.6 is 0 Å². The number of aliphatic carboxylic acids is 1. The Hall–Kier alpha value is -2.24. The molecule has 2 amide bonds. The summed E-state index contributed by atoms with van der Waals surface area (Å²) in [7, 11) is 0. The Morgan fingerprint density at radius 3 is 2.50 bits per heavy atom. The molecule has 0 aliphatic heterocycles. The number of ether oxygens (including phenoxy) is 1. The first-order chi connectivity index (χ1) is 9.42. The molecule has 20 heavy (non-hydrogen) atoms. The van der Waals surface area contributed by atoms with Gasteiger partial charge in [-0.05, 0) is 32.4 Å². The molecule has 1 aromatic rings. The minimum Gasteiger partial charge on any atom is -0.492 e. The Morgan fingerprint density at radius 1 is 1.30 bits per heavy atom. The second-order valence-electron chi connectivity index (χ2n) is 4.50. The lowest BCUT2D eigenvalue weighted by atomic mass is 10.00. The molecular formula is C14H20N2O4. The summed E-state index contributed by atoms with van der Waals surface area (Å²) in [5.74, 6) is -0.535. The molecule has 0 aliphatic rings. The number of amides is 2. The smallest absolute Gasteiger partial charge is 0.329 e. The van der Waals surface area contributed by atoms with Crippen LogP contribution in [0.2, 0.25) is 0 Å². The summed E-state index contributed by atoms with van der Waals surface area (Å²) < 4.78 is 5.38. The number of carboxylic acids is 1. The maximum Gasteiger partial charge on any atom is 0.329 e. The lowest BCUT2D eigenvalue weighted by Crippen LogP contribution is -2.53. The molecule has 6 heteroatoms. The number of anilines is 1. The molecule has 1 aromatic carbocycles. The summed E-state index contributed by atoms with van der Waals surface area (Å²) in [6.07, 6.45) is 0.281. The molecule has 1 atom stereocenters. The summed E-state index contributed by atoms with van der Waals surface area (Å²) in [6.45, 7) is 5.48. The summed E-state index contributed by atoms with van der Waals surface area (Å²) in [5.41, 5.74) is -0.805. The van der Waals surface area contributed by atoms with Crippen molar-refractivity contribution in [2.45, 2.75) is 32.7 Å². The number of hydrogen-bond acceptors (Lipinski definition) is 3. The first-order valence-electron chi connectivity index (χ1n) is 6.47. The monoisotopic (exact) mass is 280 g/mol. The van der Waals surface area contributed by atoms with Gasteiger partial charge < -0.3 is 20.5 Å². The van der Waals surface area contributed by atoms with Gasteiger partial charge in [0.25, 0.3) is 0 Å². The number of rotatable bonds is 6. The molecule has 0 spiro atoms. The number of urea groups is 1. The number of para-hydroxylation sites is 2. The van der Waals surface area contributed by atoms with Gasteiger partial charge in [0.05, 0.1) is 12.3 Å². The zero-order valence-corrected chi connectivity index (χ0v) is 11.9. The van der Waals surface area contributed by atoms with Crippen LogP contribution in [0.4, 0.5) is 10.5 Å². The number of nitrogens with one attached hydrogen (secondary N) is 2. The number of carbonyl (C=O) groups is 2. The maximum atomic E-state index is 11.9. The second-order valence-corrected chi connectivity index (χ2v) is 4.50. The highest BCUT2D eigenvalue weighted by Crippen LogP contribution is 2.23. The first-order valence-corrected chi connectivity index (χ1v) is 6.47. The van der Waals surface area contributed by atoms with E-state index in [1.807, 2.05) is 6.92 Å². The van der Waals surface area contributed by atoms with E-state index in [9.17, 15) is 9.59 Å². The Labute approximate surface area is 118 Å². The standard InChI is InChI=1S/C14H20N2O4/c1-4-14(3,12(17)18)16-13(19)15-10-8-6-7-9-11(10)20-5-2/h6-9H,4-5H2,1-3H3,(H,17,18)(H2,15,16,19). The fourth-order valence-corrected chi connectivity index (χ4v) is 1.55. The van der Waals surface area contributed by atoms with Crippen LogP contribution in [0.5, 0.6) is 5.75 Å². The van der Waals surface area contributed by atoms with Crippen molar-refractivity contribution in [2.75, 3.05) is 11.9 Å². The molecule has 0 saturated heterocycles. The zero-order valence-electron chi connectivity index (χ0n) is 11.9. The van der Waals surface area contributed by atoms with Crippen LogP contribution in [-0.2, 0) is 4.79 Å². The summed E-state index contributed by atoms with van der Waals surface area (Å²) in [4.78, 5) is 23.0. The highest BCUT2D eigenvalue weighted by Gasteiger charge is 2.32. The summed E-state index contributed by atoms with van der Waals surface area (Å²) in [6, 6.07) is 6.39. The molecule has 0 radical (unpaired) electrons. The average Bonchev–Trinajstić information content (AvgIpc) is 2.40. The minimum atomic E-state index is -1.30. The van der Waals surface area contributed by atoms with Gasteiger partial charge in [0.15, 0.2) is 0 Å². The Kier molecular flexibility index (Phi) is 5.37. The van der Waals surface area contributed by atoms with Gasteiger partial charge in [0.2, 0.25) is 0 Å². The Balaban J connectivity index is 2.79. The van der Waals surface area contributed by atoms with Crippen molar-refractivity contribution in [3.63, 3.8) is 0 Å². The van der Waals surface area contributed by atoms with Gasteiger partial charge in [-0.2, -0.15) is 0 Å². The summed E-state index contributed by atoms with van der Waals surface area (Å²) in [5, 5.41) is 14.2. The molecule has 0 aromatic heterocycles. The van der Waals surface area contributed by atoms with Crippen molar-refractivity contribution < 1.29 is 19.4 Å². The van der Waals surface area contributed by atoms with Crippen molar-refractivity contribution in [1.82, 2.24) is 5.32 Å². The third-order valence-electron chi connectivity index (χ3n) is 3.00. The third kappa shape index (κ3) is 3.88. The number of carboxylic acid groups (broad SMARTS) is 1. The third-order valence-corrected chi connectivity index (χ3v) is 3.00. The topological polar surface area (TPSA) is 87.7 Å². The normalized spacial score (nSPS) is 13.2. The largest absolute Gasteiger partial charge is 0.492 e. The lowest BCUT2D eigenvalue weighted by Gasteiger charge is -2.24. The van der Waals surface area contributed by atoms with Crippen LogP contribution in [0, 0.1) is 0 Å². The second kappa shape index (κ2) is 6.79. The number of carbonyl (C=O) groups excluding carboxylic acids is 1. The van der Waals surface area contributed by atoms with Crippen LogP contribution in [0.3, 0.4) is 0 Å². The average molecular weight is 280 g/mol. The van der Waals surface area contributed by atoms with E-state index in [1.54, 1.807) is 31.2 Å². The molecule has 1 rings (SSSR count). The predicted molar refractivity (Wildman–Crippen MR) is 76.1 cm³/mol. The lowest BCUT2D eigenvalue weighted by molar-refractivity contribution is -0.143. The van der Waals surface area contributed by atoms with Crippen molar-refractivity contribution >= 4 is 17.7 Å². The van der Waals surface area contributed by atoms with Crippen LogP contribution < -0.4 is 15.4 Å². The van der Waals surface area contributed by atoms with Gasteiger partial charge in [-0.3, -0.25) is 0 Å². The van der Waals surface area contributed by atoms with Gasteiger partial charge in [-0.25, -0.2) is 9.59 Å². The van der Waals surface area contributed by atoms with E-state index in [0.717, 1.165) is 0 Å². The number of hydrogen-bond donors (Lipinski definition) is 3. The van der Waals surface area contributed by atoms with Crippen LogP contribution in [0.25, 0.3) is 0 Å². The van der Waals surface area contributed by atoms with E-state index < -0.39 is 17.5 Å². The molecule has 0 aliphatic carbocycles. The van der Waals surface area contributed by atoms with Gasteiger partial charge in [-0.15, -0.1) is 0 Å². The molecule has 0 saturated carbocycles. The molecule has 3 N–H and O–H groups in total. The maximum absolute atomic E-state index is 11.9. The Morgan fingerprint density at radius 2 is 1.95 bits per heavy atom. The molecule has 0 bridgehead atoms. The van der Waals surface area contributed by atoms with Crippen LogP contribution in [0.1, 0.15) is 27.2 Å². The minimum absolute atomic E-state index is 0.281. The quantitative estimate of drug-likeness (QED) is 0.747. The Bertz CT molecular complexity index is 490. The van der Waals surface area contributed by atoms with Gasteiger partial charge in [0, 0.05) is 0 Å². The van der Waals surface area contributed by atoms with Crippen molar-refractivity contribution in [3.05, 3.63) is 24.3 Å². The highest BCUT2D eigenvalue weighted by molar-refractivity contribution is 5.94. The van der Waals surface area contributed by atoms with E-state index >= 15 is 0 Å². The van der Waals surface area contributed by atoms with Crippen LogP contribution in [-0.4, -0.2) is 29.3 Å². The zero-order chi connectivity index (χ0) is 15.2. The molecule has 110 valence electrons. The summed E-state index contributed by atoms with van der Waals surface area (Å²) >= 11 is 0. The molecule has 0 fully saturated rings. The van der Waals surface area contributed by atoms with Gasteiger partial charge in [0.1, 0.15) is 11.3 Å². The van der Waals surface area contributed by atoms with E-state index in [0.29, 0.717) is 18.0 Å².